The van der Waals surface area contributed by atoms with E-state index in [2.05, 4.69) is 0 Å². The fourth-order valence-corrected chi connectivity index (χ4v) is 4.08. The van der Waals surface area contributed by atoms with Crippen LogP contribution in [-0.4, -0.2) is 13.2 Å². The van der Waals surface area contributed by atoms with Crippen LogP contribution in [0.3, 0.4) is 0 Å². The van der Waals surface area contributed by atoms with Gasteiger partial charge in [0.2, 0.25) is 0 Å². The second-order valence-corrected chi connectivity index (χ2v) is 8.75. The second-order valence-electron chi connectivity index (χ2n) is 8.75. The molecule has 1 aliphatic heterocycles. The van der Waals surface area contributed by atoms with Crippen molar-refractivity contribution in [3.63, 3.8) is 0 Å². The van der Waals surface area contributed by atoms with E-state index in [0.717, 1.165) is 18.6 Å². The Labute approximate surface area is 209 Å². The van der Waals surface area contributed by atoms with Crippen molar-refractivity contribution < 1.29 is 40.2 Å². The molecule has 196 valence electrons. The smallest absolute Gasteiger partial charge is 0.194 e. The molecule has 0 unspecified atom stereocenters. The van der Waals surface area contributed by atoms with Crippen LogP contribution >= 0.6 is 0 Å². The Morgan fingerprint density at radius 1 is 0.784 bits per heavy atom. The summed E-state index contributed by atoms with van der Waals surface area (Å²) in [6.07, 6.45) is 0.498. The van der Waals surface area contributed by atoms with E-state index < -0.39 is 64.1 Å². The fourth-order valence-electron chi connectivity index (χ4n) is 4.08. The van der Waals surface area contributed by atoms with Gasteiger partial charge in [0.05, 0.1) is 18.8 Å². The molecule has 0 bridgehead atoms. The van der Waals surface area contributed by atoms with Gasteiger partial charge in [-0.1, -0.05) is 37.6 Å². The molecule has 2 nitrogen and oxygen atoms in total. The van der Waals surface area contributed by atoms with E-state index in [0.29, 0.717) is 24.1 Å². The van der Waals surface area contributed by atoms with Crippen molar-refractivity contribution in [2.45, 2.75) is 38.4 Å². The molecule has 0 amide bonds. The first-order valence-corrected chi connectivity index (χ1v) is 11.7. The molecule has 0 N–H and O–H groups in total. The maximum Gasteiger partial charge on any atom is 0.194 e. The van der Waals surface area contributed by atoms with Crippen LogP contribution in [0.25, 0.3) is 17.0 Å². The van der Waals surface area contributed by atoms with E-state index in [-0.39, 0.29) is 30.8 Å². The number of hydrogen-bond acceptors (Lipinski definition) is 2. The first-order chi connectivity index (χ1) is 17.7. The average Bonchev–Trinajstić information content (AvgIpc) is 2.89. The van der Waals surface area contributed by atoms with Gasteiger partial charge in [-0.05, 0) is 41.8 Å². The summed E-state index contributed by atoms with van der Waals surface area (Å²) in [5.41, 5.74) is -0.320. The standard InChI is InChI=1S/C28H23F7O2/c1-2-3-4-20(29)26(34)15-5-7-16(8-6-15)28-36-13-19(14-37-28)17-9-21(30)25(22(31)10-17)18-11-23(32)27(35)24(33)12-18/h5-12,19,28H,2-4,13-14H2,1H3/b26-20+. The van der Waals surface area contributed by atoms with E-state index in [1.165, 1.54) is 12.1 Å². The highest BCUT2D eigenvalue weighted by molar-refractivity contribution is 5.66. The summed E-state index contributed by atoms with van der Waals surface area (Å²) in [5, 5.41) is 0. The molecule has 1 fully saturated rings. The Kier molecular flexibility index (Phi) is 8.34. The van der Waals surface area contributed by atoms with Crippen molar-refractivity contribution in [3.05, 3.63) is 100 Å². The first kappa shape index (κ1) is 26.9. The highest BCUT2D eigenvalue weighted by Gasteiger charge is 2.27. The maximum atomic E-state index is 14.8. The molecule has 4 rings (SSSR count). The fraction of sp³-hybridized carbons (Fsp3) is 0.286. The lowest BCUT2D eigenvalue weighted by Gasteiger charge is -2.30. The topological polar surface area (TPSA) is 18.5 Å². The number of allylic oxidation sites excluding steroid dienone is 1. The minimum Gasteiger partial charge on any atom is -0.348 e. The summed E-state index contributed by atoms with van der Waals surface area (Å²) in [6, 6.07) is 8.97. The molecular weight excluding hydrogens is 501 g/mol. The van der Waals surface area contributed by atoms with Crippen LogP contribution in [0.2, 0.25) is 0 Å². The average molecular weight is 524 g/mol. The molecule has 3 aromatic carbocycles. The van der Waals surface area contributed by atoms with Crippen molar-refractivity contribution in [3.8, 4) is 11.1 Å². The van der Waals surface area contributed by atoms with Gasteiger partial charge < -0.3 is 9.47 Å². The Bertz CT molecular complexity index is 1250. The van der Waals surface area contributed by atoms with Crippen LogP contribution in [0, 0.1) is 29.1 Å². The Morgan fingerprint density at radius 2 is 1.35 bits per heavy atom. The molecule has 1 saturated heterocycles. The van der Waals surface area contributed by atoms with E-state index in [4.69, 9.17) is 9.47 Å². The lowest BCUT2D eigenvalue weighted by molar-refractivity contribution is -0.191. The lowest BCUT2D eigenvalue weighted by atomic mass is 9.95. The van der Waals surface area contributed by atoms with Crippen LogP contribution in [0.1, 0.15) is 55.1 Å². The van der Waals surface area contributed by atoms with Crippen molar-refractivity contribution >= 4 is 5.83 Å². The molecule has 1 aliphatic rings. The molecule has 0 aliphatic carbocycles. The monoisotopic (exact) mass is 524 g/mol. The molecule has 3 aromatic rings. The van der Waals surface area contributed by atoms with Crippen molar-refractivity contribution in [2.24, 2.45) is 0 Å². The van der Waals surface area contributed by atoms with Gasteiger partial charge in [0, 0.05) is 23.5 Å². The summed E-state index contributed by atoms with van der Waals surface area (Å²) in [5.74, 6) is -9.30. The largest absolute Gasteiger partial charge is 0.348 e. The summed E-state index contributed by atoms with van der Waals surface area (Å²) in [4.78, 5) is 0. The van der Waals surface area contributed by atoms with Crippen molar-refractivity contribution in [1.82, 2.24) is 0 Å². The van der Waals surface area contributed by atoms with E-state index in [1.54, 1.807) is 12.1 Å². The Morgan fingerprint density at radius 3 is 1.89 bits per heavy atom. The number of hydrogen-bond donors (Lipinski definition) is 0. The zero-order chi connectivity index (χ0) is 26.7. The number of rotatable bonds is 7. The quantitative estimate of drug-likeness (QED) is 0.227. The van der Waals surface area contributed by atoms with Gasteiger partial charge in [0.1, 0.15) is 17.5 Å². The third kappa shape index (κ3) is 5.88. The minimum atomic E-state index is -1.73. The minimum absolute atomic E-state index is 0.0279. The molecule has 9 heteroatoms. The number of benzene rings is 3. The third-order valence-corrected chi connectivity index (χ3v) is 6.13. The third-order valence-electron chi connectivity index (χ3n) is 6.13. The van der Waals surface area contributed by atoms with Crippen molar-refractivity contribution in [1.29, 1.82) is 0 Å². The summed E-state index contributed by atoms with van der Waals surface area (Å²) >= 11 is 0. The zero-order valence-corrected chi connectivity index (χ0v) is 19.8. The van der Waals surface area contributed by atoms with E-state index in [9.17, 15) is 30.7 Å². The zero-order valence-electron chi connectivity index (χ0n) is 19.8. The normalized spacial score (nSPS) is 18.6. The highest BCUT2D eigenvalue weighted by Crippen LogP contribution is 2.35. The number of unbranched alkanes of at least 4 members (excludes halogenated alkanes) is 1. The maximum absolute atomic E-state index is 14.8. The van der Waals surface area contributed by atoms with Gasteiger partial charge in [-0.2, -0.15) is 0 Å². The summed E-state index contributed by atoms with van der Waals surface area (Å²) < 4.78 is 109. The van der Waals surface area contributed by atoms with Gasteiger partial charge in [-0.15, -0.1) is 0 Å². The summed E-state index contributed by atoms with van der Waals surface area (Å²) in [7, 11) is 0. The highest BCUT2D eigenvalue weighted by atomic mass is 19.2. The van der Waals surface area contributed by atoms with Crippen LogP contribution in [0.5, 0.6) is 0 Å². The Balaban J connectivity index is 1.45. The van der Waals surface area contributed by atoms with Crippen molar-refractivity contribution in [2.75, 3.05) is 13.2 Å². The summed E-state index contributed by atoms with van der Waals surface area (Å²) in [6.45, 7) is 1.95. The van der Waals surface area contributed by atoms with E-state index >= 15 is 0 Å². The van der Waals surface area contributed by atoms with Crippen LogP contribution in [0.4, 0.5) is 30.7 Å². The van der Waals surface area contributed by atoms with E-state index in [1.807, 2.05) is 6.92 Å². The molecule has 0 atom stereocenters. The van der Waals surface area contributed by atoms with Gasteiger partial charge in [0.25, 0.3) is 0 Å². The molecular formula is C28H23F7O2. The Hall–Kier alpha value is -3.17. The number of halogens is 7. The lowest BCUT2D eigenvalue weighted by Crippen LogP contribution is -2.26. The molecule has 37 heavy (non-hydrogen) atoms. The van der Waals surface area contributed by atoms with Crippen LogP contribution in [-0.2, 0) is 9.47 Å². The predicted octanol–water partition coefficient (Wildman–Crippen LogP) is 8.68. The molecule has 0 spiro atoms. The van der Waals surface area contributed by atoms with Gasteiger partial charge in [0.15, 0.2) is 29.6 Å². The predicted molar refractivity (Wildman–Crippen MR) is 124 cm³/mol. The second kappa shape index (κ2) is 11.5. The van der Waals surface area contributed by atoms with Gasteiger partial charge in [-0.25, -0.2) is 30.7 Å². The van der Waals surface area contributed by atoms with Crippen LogP contribution < -0.4 is 0 Å². The number of ether oxygens (including phenoxy) is 2. The molecule has 0 aromatic heterocycles. The molecule has 1 heterocycles. The van der Waals surface area contributed by atoms with Crippen LogP contribution in [0.15, 0.2) is 54.4 Å². The SMILES string of the molecule is CCCC/C(F)=C(\F)c1ccc(C2OCC(c3cc(F)c(-c4cc(F)c(F)c(F)c4)c(F)c3)CO2)cc1. The first-order valence-electron chi connectivity index (χ1n) is 11.7. The van der Waals surface area contributed by atoms with Gasteiger partial charge >= 0.3 is 0 Å². The molecule has 0 saturated carbocycles. The van der Waals surface area contributed by atoms with Gasteiger partial charge in [-0.3, -0.25) is 0 Å². The molecule has 0 radical (unpaired) electrons.